The van der Waals surface area contributed by atoms with Crippen molar-refractivity contribution >= 4 is 28.1 Å². The van der Waals surface area contributed by atoms with Gasteiger partial charge in [0, 0.05) is 34.0 Å². The molecule has 0 saturated heterocycles. The third-order valence-corrected chi connectivity index (χ3v) is 5.25. The third-order valence-electron chi connectivity index (χ3n) is 5.25. The molecule has 3 N–H and O–H groups in total. The van der Waals surface area contributed by atoms with Crippen LogP contribution in [0.15, 0.2) is 54.7 Å². The van der Waals surface area contributed by atoms with Gasteiger partial charge in [-0.15, -0.1) is 0 Å². The Bertz CT molecular complexity index is 1010. The maximum Gasteiger partial charge on any atom is 0.257 e. The summed E-state index contributed by atoms with van der Waals surface area (Å²) in [6, 6.07) is 16.5. The van der Waals surface area contributed by atoms with Crippen LogP contribution in [0.4, 0.5) is 5.69 Å². The first-order chi connectivity index (χ1) is 12.3. The van der Waals surface area contributed by atoms with Gasteiger partial charge in [0.2, 0.25) is 0 Å². The zero-order chi connectivity index (χ0) is 16.8. The van der Waals surface area contributed by atoms with Crippen molar-refractivity contribution < 1.29 is 4.79 Å². The Morgan fingerprint density at radius 1 is 1.08 bits per heavy atom. The predicted octanol–water partition coefficient (Wildman–Crippen LogP) is 4.13. The van der Waals surface area contributed by atoms with E-state index in [0.29, 0.717) is 5.57 Å². The highest BCUT2D eigenvalue weighted by molar-refractivity contribution is 6.31. The highest BCUT2D eigenvalue weighted by Crippen LogP contribution is 2.36. The second-order valence-electron chi connectivity index (χ2n) is 6.73. The van der Waals surface area contributed by atoms with Gasteiger partial charge in [-0.1, -0.05) is 36.4 Å². The van der Waals surface area contributed by atoms with Crippen molar-refractivity contribution in [3.63, 3.8) is 0 Å². The summed E-state index contributed by atoms with van der Waals surface area (Å²) in [5.74, 6) is -0.0404. The van der Waals surface area contributed by atoms with Gasteiger partial charge in [0.15, 0.2) is 0 Å². The van der Waals surface area contributed by atoms with Crippen LogP contribution in [-0.2, 0) is 11.2 Å². The highest BCUT2D eigenvalue weighted by atomic mass is 16.2. The summed E-state index contributed by atoms with van der Waals surface area (Å²) in [7, 11) is 0. The lowest BCUT2D eigenvalue weighted by Gasteiger charge is -2.23. The van der Waals surface area contributed by atoms with Crippen LogP contribution < -0.4 is 10.6 Å². The van der Waals surface area contributed by atoms with Gasteiger partial charge in [0.1, 0.15) is 0 Å². The molecule has 1 aliphatic heterocycles. The summed E-state index contributed by atoms with van der Waals surface area (Å²) >= 11 is 0. The zero-order valence-electron chi connectivity index (χ0n) is 13.8. The minimum atomic E-state index is -0.0404. The number of nitrogens with one attached hydrogen (secondary N) is 3. The van der Waals surface area contributed by atoms with E-state index >= 15 is 0 Å². The van der Waals surface area contributed by atoms with Gasteiger partial charge in [-0.25, -0.2) is 0 Å². The summed E-state index contributed by atoms with van der Waals surface area (Å²) in [5, 5.41) is 7.74. The topological polar surface area (TPSA) is 56.9 Å². The Hall–Kier alpha value is -3.01. The fraction of sp³-hybridized carbons (Fsp3) is 0.190. The van der Waals surface area contributed by atoms with E-state index in [1.807, 2.05) is 30.5 Å². The van der Waals surface area contributed by atoms with Crippen LogP contribution in [-0.4, -0.2) is 10.9 Å². The number of fused-ring (bicyclic) bond motifs is 4. The number of H-pyrrole nitrogens is 1. The molecule has 1 amide bonds. The maximum absolute atomic E-state index is 12.3. The van der Waals surface area contributed by atoms with Crippen LogP contribution in [0.25, 0.3) is 16.5 Å². The van der Waals surface area contributed by atoms with Gasteiger partial charge in [0.05, 0.1) is 11.6 Å². The van der Waals surface area contributed by atoms with Gasteiger partial charge in [-0.05, 0) is 37.0 Å². The predicted molar refractivity (Wildman–Crippen MR) is 100 cm³/mol. The number of hydrogen-bond acceptors (Lipinski definition) is 2. The number of rotatable bonds is 2. The van der Waals surface area contributed by atoms with Gasteiger partial charge in [-0.2, -0.15) is 0 Å². The lowest BCUT2D eigenvalue weighted by Crippen LogP contribution is -2.21. The monoisotopic (exact) mass is 329 g/mol. The van der Waals surface area contributed by atoms with Crippen molar-refractivity contribution in [2.45, 2.75) is 25.3 Å². The number of aromatic nitrogens is 1. The Balaban J connectivity index is 1.50. The second-order valence-corrected chi connectivity index (χ2v) is 6.73. The average Bonchev–Trinajstić information content (AvgIpc) is 3.17. The van der Waals surface area contributed by atoms with Crippen molar-refractivity contribution in [1.82, 2.24) is 10.3 Å². The fourth-order valence-corrected chi connectivity index (χ4v) is 4.05. The van der Waals surface area contributed by atoms with Gasteiger partial charge in [-0.3, -0.25) is 4.79 Å². The number of aryl methyl sites for hydroxylation is 1. The molecular weight excluding hydrogens is 310 g/mol. The van der Waals surface area contributed by atoms with Gasteiger partial charge >= 0.3 is 0 Å². The fourth-order valence-electron chi connectivity index (χ4n) is 4.05. The molecule has 1 aromatic heterocycles. The summed E-state index contributed by atoms with van der Waals surface area (Å²) in [4.78, 5) is 15.8. The van der Waals surface area contributed by atoms with Crippen LogP contribution in [0.2, 0.25) is 0 Å². The molecule has 1 unspecified atom stereocenters. The molecule has 0 saturated carbocycles. The molecule has 4 nitrogen and oxygen atoms in total. The smallest absolute Gasteiger partial charge is 0.257 e. The van der Waals surface area contributed by atoms with Crippen molar-refractivity contribution in [2.24, 2.45) is 0 Å². The standard InChI is InChI=1S/C21H19N3O/c25-21-16(14-7-2-4-10-18(14)24-21)12-22-19-11-5-8-15-13-6-1-3-9-17(13)23-20(15)19/h1-4,6-7,9-10,12,19,22-23H,5,8,11H2,(H,24,25)/b16-12-. The number of para-hydroxylation sites is 2. The average molecular weight is 329 g/mol. The van der Waals surface area contributed by atoms with Crippen molar-refractivity contribution in [3.8, 4) is 0 Å². The summed E-state index contributed by atoms with van der Waals surface area (Å²) < 4.78 is 0. The Labute approximate surface area is 145 Å². The Morgan fingerprint density at radius 2 is 1.92 bits per heavy atom. The molecule has 5 rings (SSSR count). The third kappa shape index (κ3) is 2.25. The molecule has 0 fully saturated rings. The number of benzene rings is 2. The summed E-state index contributed by atoms with van der Waals surface area (Å²) in [6.07, 6.45) is 5.20. The van der Waals surface area contributed by atoms with Gasteiger partial charge in [0.25, 0.3) is 5.91 Å². The quantitative estimate of drug-likeness (QED) is 0.619. The summed E-state index contributed by atoms with van der Waals surface area (Å²) in [6.45, 7) is 0. The van der Waals surface area contributed by atoms with Crippen molar-refractivity contribution in [2.75, 3.05) is 5.32 Å². The molecule has 0 radical (unpaired) electrons. The van der Waals surface area contributed by atoms with E-state index in [0.717, 1.165) is 30.5 Å². The van der Waals surface area contributed by atoms with Crippen LogP contribution in [0.3, 0.4) is 0 Å². The number of anilines is 1. The zero-order valence-corrected chi connectivity index (χ0v) is 13.8. The first kappa shape index (κ1) is 14.3. The van der Waals surface area contributed by atoms with E-state index in [1.54, 1.807) is 0 Å². The molecular formula is C21H19N3O. The number of amides is 1. The normalized spacial score (nSPS) is 20.4. The van der Waals surface area contributed by atoms with Crippen LogP contribution in [0, 0.1) is 0 Å². The SMILES string of the molecule is O=C1Nc2ccccc2/C1=C/NC1CCCc2c1[nH]c1ccccc21. The molecule has 4 heteroatoms. The van der Waals surface area contributed by atoms with Crippen LogP contribution in [0.5, 0.6) is 0 Å². The number of aromatic amines is 1. The van der Waals surface area contributed by atoms with Crippen molar-refractivity contribution in [3.05, 3.63) is 71.6 Å². The molecule has 0 spiro atoms. The van der Waals surface area contributed by atoms with E-state index in [1.165, 1.54) is 22.2 Å². The minimum Gasteiger partial charge on any atom is -0.382 e. The van der Waals surface area contributed by atoms with Crippen LogP contribution >= 0.6 is 0 Å². The van der Waals surface area contributed by atoms with Gasteiger partial charge < -0.3 is 15.6 Å². The second kappa shape index (κ2) is 5.52. The van der Waals surface area contributed by atoms with Crippen molar-refractivity contribution in [1.29, 1.82) is 0 Å². The van der Waals surface area contributed by atoms with E-state index in [4.69, 9.17) is 0 Å². The number of hydrogen-bond donors (Lipinski definition) is 3. The number of carbonyl (C=O) groups excluding carboxylic acids is 1. The Morgan fingerprint density at radius 3 is 2.88 bits per heavy atom. The molecule has 1 aliphatic carbocycles. The van der Waals surface area contributed by atoms with E-state index in [2.05, 4.69) is 39.9 Å². The molecule has 2 heterocycles. The lowest BCUT2D eigenvalue weighted by atomic mass is 9.91. The van der Waals surface area contributed by atoms with E-state index in [-0.39, 0.29) is 11.9 Å². The lowest BCUT2D eigenvalue weighted by molar-refractivity contribution is -0.110. The maximum atomic E-state index is 12.3. The minimum absolute atomic E-state index is 0.0404. The highest BCUT2D eigenvalue weighted by Gasteiger charge is 2.26. The molecule has 2 aliphatic rings. The Kier molecular flexibility index (Phi) is 3.17. The first-order valence-electron chi connectivity index (χ1n) is 8.78. The molecule has 1 atom stereocenters. The van der Waals surface area contributed by atoms with E-state index in [9.17, 15) is 4.79 Å². The molecule has 0 bridgehead atoms. The molecule has 25 heavy (non-hydrogen) atoms. The molecule has 124 valence electrons. The number of carbonyl (C=O) groups is 1. The first-order valence-corrected chi connectivity index (χ1v) is 8.78. The largest absolute Gasteiger partial charge is 0.382 e. The van der Waals surface area contributed by atoms with Crippen LogP contribution in [0.1, 0.15) is 35.7 Å². The van der Waals surface area contributed by atoms with E-state index < -0.39 is 0 Å². The molecule has 3 aromatic rings. The summed E-state index contributed by atoms with van der Waals surface area (Å²) in [5.41, 5.74) is 6.42. The molecule has 2 aromatic carbocycles.